The van der Waals surface area contributed by atoms with E-state index in [2.05, 4.69) is 28.7 Å². The molecule has 26 heavy (non-hydrogen) atoms. The quantitative estimate of drug-likeness (QED) is 0.605. The number of nitrogens with one attached hydrogen (secondary N) is 1. The van der Waals surface area contributed by atoms with E-state index in [-0.39, 0.29) is 11.7 Å². The Morgan fingerprint density at radius 3 is 2.81 bits per heavy atom. The van der Waals surface area contributed by atoms with Crippen molar-refractivity contribution in [1.29, 1.82) is 0 Å². The van der Waals surface area contributed by atoms with Gasteiger partial charge in [-0.05, 0) is 29.5 Å². The van der Waals surface area contributed by atoms with E-state index >= 15 is 0 Å². The first-order valence-corrected chi connectivity index (χ1v) is 10.1. The third-order valence-electron chi connectivity index (χ3n) is 3.68. The Labute approximate surface area is 159 Å². The van der Waals surface area contributed by atoms with Gasteiger partial charge in [-0.15, -0.1) is 11.3 Å². The molecular formula is C18H20N4O2S2. The van der Waals surface area contributed by atoms with Crippen molar-refractivity contribution in [3.05, 3.63) is 41.3 Å². The van der Waals surface area contributed by atoms with E-state index in [4.69, 9.17) is 5.73 Å². The number of carbonyl (C=O) groups is 2. The molecule has 3 rings (SSSR count). The number of thioether (sulfide) groups is 1. The van der Waals surface area contributed by atoms with Gasteiger partial charge in [0.1, 0.15) is 5.00 Å². The molecule has 2 heterocycles. The molecule has 2 amide bonds. The zero-order valence-electron chi connectivity index (χ0n) is 14.6. The molecule has 0 fully saturated rings. The first kappa shape index (κ1) is 18.5. The number of aromatic nitrogens is 2. The molecule has 1 aromatic carbocycles. The zero-order valence-corrected chi connectivity index (χ0v) is 16.2. The van der Waals surface area contributed by atoms with Gasteiger partial charge >= 0.3 is 0 Å². The van der Waals surface area contributed by atoms with Crippen LogP contribution < -0.4 is 11.1 Å². The molecule has 0 bridgehead atoms. The van der Waals surface area contributed by atoms with Crippen LogP contribution in [0.25, 0.3) is 11.0 Å². The molecule has 0 saturated heterocycles. The Bertz CT molecular complexity index is 946. The number of hydrogen-bond acceptors (Lipinski definition) is 5. The van der Waals surface area contributed by atoms with Gasteiger partial charge in [-0.25, -0.2) is 4.98 Å². The Kier molecular flexibility index (Phi) is 5.63. The molecule has 3 aromatic rings. The number of anilines is 1. The Hall–Kier alpha value is -2.32. The molecule has 2 aromatic heterocycles. The van der Waals surface area contributed by atoms with Gasteiger partial charge in [-0.1, -0.05) is 37.7 Å². The number of rotatable bonds is 7. The van der Waals surface area contributed by atoms with Crippen LogP contribution in [0.5, 0.6) is 0 Å². The highest BCUT2D eigenvalue weighted by molar-refractivity contribution is 7.99. The van der Waals surface area contributed by atoms with Crippen molar-refractivity contribution in [2.75, 3.05) is 11.1 Å². The highest BCUT2D eigenvalue weighted by Crippen LogP contribution is 2.26. The molecule has 0 atom stereocenters. The largest absolute Gasteiger partial charge is 0.366 e. The minimum Gasteiger partial charge on any atom is -0.366 e. The fourth-order valence-corrected chi connectivity index (χ4v) is 4.23. The number of benzene rings is 1. The molecule has 0 unspecified atom stereocenters. The van der Waals surface area contributed by atoms with E-state index in [9.17, 15) is 9.59 Å². The standard InChI is InChI=1S/C18H20N4O2S2/c1-11(2)9-22-14-6-4-3-5-13(14)20-18(22)26-10-15(23)21-17-12(16(19)24)7-8-25-17/h3-8,11H,9-10H2,1-2H3,(H2,19,24)(H,21,23). The minimum absolute atomic E-state index is 0.192. The maximum Gasteiger partial charge on any atom is 0.251 e. The predicted octanol–water partition coefficient (Wildman–Crippen LogP) is 3.58. The average Bonchev–Trinajstić information content (AvgIpc) is 3.18. The highest BCUT2D eigenvalue weighted by Gasteiger charge is 2.16. The number of para-hydroxylation sites is 2. The first-order valence-electron chi connectivity index (χ1n) is 8.21. The van der Waals surface area contributed by atoms with Gasteiger partial charge < -0.3 is 15.6 Å². The fraction of sp³-hybridized carbons (Fsp3) is 0.278. The molecule has 0 aliphatic heterocycles. The number of carbonyl (C=O) groups excluding carboxylic acids is 2. The summed E-state index contributed by atoms with van der Waals surface area (Å²) in [5.41, 5.74) is 7.63. The molecule has 0 aliphatic rings. The van der Waals surface area contributed by atoms with Crippen LogP contribution in [0.2, 0.25) is 0 Å². The lowest BCUT2D eigenvalue weighted by Crippen LogP contribution is -2.18. The van der Waals surface area contributed by atoms with Crippen LogP contribution in [0.1, 0.15) is 24.2 Å². The van der Waals surface area contributed by atoms with Gasteiger partial charge in [0.2, 0.25) is 5.91 Å². The Morgan fingerprint density at radius 1 is 1.31 bits per heavy atom. The molecule has 6 nitrogen and oxygen atoms in total. The molecule has 0 saturated carbocycles. The van der Waals surface area contributed by atoms with Crippen molar-refractivity contribution >= 4 is 50.9 Å². The third kappa shape index (κ3) is 4.08. The van der Waals surface area contributed by atoms with Crippen molar-refractivity contribution in [3.63, 3.8) is 0 Å². The second-order valence-electron chi connectivity index (χ2n) is 6.25. The van der Waals surface area contributed by atoms with E-state index in [1.54, 1.807) is 11.4 Å². The van der Waals surface area contributed by atoms with Crippen LogP contribution in [0.4, 0.5) is 5.00 Å². The summed E-state index contributed by atoms with van der Waals surface area (Å²) in [6.07, 6.45) is 0. The summed E-state index contributed by atoms with van der Waals surface area (Å²) in [7, 11) is 0. The lowest BCUT2D eigenvalue weighted by Gasteiger charge is -2.11. The maximum atomic E-state index is 12.3. The van der Waals surface area contributed by atoms with Gasteiger partial charge in [-0.2, -0.15) is 0 Å². The van der Waals surface area contributed by atoms with Crippen LogP contribution in [-0.4, -0.2) is 27.1 Å². The average molecular weight is 389 g/mol. The molecule has 136 valence electrons. The summed E-state index contributed by atoms with van der Waals surface area (Å²) >= 11 is 2.67. The van der Waals surface area contributed by atoms with Crippen molar-refractivity contribution in [2.45, 2.75) is 25.5 Å². The minimum atomic E-state index is -0.548. The highest BCUT2D eigenvalue weighted by atomic mass is 32.2. The predicted molar refractivity (Wildman–Crippen MR) is 107 cm³/mol. The SMILES string of the molecule is CC(C)Cn1c(SCC(=O)Nc2sccc2C(N)=O)nc2ccccc21. The second-order valence-corrected chi connectivity index (χ2v) is 8.11. The summed E-state index contributed by atoms with van der Waals surface area (Å²) < 4.78 is 2.15. The van der Waals surface area contributed by atoms with Gasteiger partial charge in [0, 0.05) is 6.54 Å². The van der Waals surface area contributed by atoms with Gasteiger partial charge in [0.25, 0.3) is 5.91 Å². The summed E-state index contributed by atoms with van der Waals surface area (Å²) in [5.74, 6) is -0.0709. The van der Waals surface area contributed by atoms with Crippen LogP contribution >= 0.6 is 23.1 Å². The van der Waals surface area contributed by atoms with Gasteiger partial charge in [0.15, 0.2) is 5.16 Å². The number of fused-ring (bicyclic) bond motifs is 1. The molecule has 0 aliphatic carbocycles. The number of thiophene rings is 1. The molecule has 8 heteroatoms. The van der Waals surface area contributed by atoms with Crippen LogP contribution in [0, 0.1) is 5.92 Å². The topological polar surface area (TPSA) is 90.0 Å². The normalized spacial score (nSPS) is 11.2. The summed E-state index contributed by atoms with van der Waals surface area (Å²) in [4.78, 5) is 28.3. The number of nitrogens with zero attached hydrogens (tertiary/aromatic N) is 2. The Morgan fingerprint density at radius 2 is 2.08 bits per heavy atom. The lowest BCUT2D eigenvalue weighted by molar-refractivity contribution is -0.113. The van der Waals surface area contributed by atoms with Crippen LogP contribution in [0.15, 0.2) is 40.9 Å². The van der Waals surface area contributed by atoms with Gasteiger partial charge in [0.05, 0.1) is 22.3 Å². The van der Waals surface area contributed by atoms with E-state index in [1.807, 2.05) is 24.3 Å². The first-order chi connectivity index (χ1) is 12.5. The van der Waals surface area contributed by atoms with Crippen molar-refractivity contribution in [3.8, 4) is 0 Å². The van der Waals surface area contributed by atoms with E-state index in [1.165, 1.54) is 23.1 Å². The summed E-state index contributed by atoms with van der Waals surface area (Å²) in [5, 5.41) is 5.79. The van der Waals surface area contributed by atoms with Crippen LogP contribution in [-0.2, 0) is 11.3 Å². The number of primary amides is 1. The second kappa shape index (κ2) is 7.92. The maximum absolute atomic E-state index is 12.3. The van der Waals surface area contributed by atoms with Crippen molar-refractivity contribution in [2.24, 2.45) is 11.7 Å². The number of nitrogens with two attached hydrogens (primary N) is 1. The van der Waals surface area contributed by atoms with Crippen LogP contribution in [0.3, 0.4) is 0 Å². The van der Waals surface area contributed by atoms with E-state index in [0.717, 1.165) is 22.7 Å². The molecule has 0 radical (unpaired) electrons. The summed E-state index contributed by atoms with van der Waals surface area (Å²) in [6.45, 7) is 5.14. The molecule has 0 spiro atoms. The number of imidazole rings is 1. The van der Waals surface area contributed by atoms with E-state index < -0.39 is 5.91 Å². The monoisotopic (exact) mass is 388 g/mol. The number of amides is 2. The Balaban J connectivity index is 1.73. The fourth-order valence-electron chi connectivity index (χ4n) is 2.60. The summed E-state index contributed by atoms with van der Waals surface area (Å²) in [6, 6.07) is 9.57. The smallest absolute Gasteiger partial charge is 0.251 e. The van der Waals surface area contributed by atoms with Crippen molar-refractivity contribution in [1.82, 2.24) is 9.55 Å². The third-order valence-corrected chi connectivity index (χ3v) is 5.49. The molecule has 3 N–H and O–H groups in total. The lowest BCUT2D eigenvalue weighted by atomic mass is 10.2. The zero-order chi connectivity index (χ0) is 18.7. The van der Waals surface area contributed by atoms with Gasteiger partial charge in [-0.3, -0.25) is 9.59 Å². The number of hydrogen-bond donors (Lipinski definition) is 2. The van der Waals surface area contributed by atoms with E-state index in [0.29, 0.717) is 16.5 Å². The molecular weight excluding hydrogens is 368 g/mol. The van der Waals surface area contributed by atoms with Crippen molar-refractivity contribution < 1.29 is 9.59 Å².